The fourth-order valence-corrected chi connectivity index (χ4v) is 9.90. The van der Waals surface area contributed by atoms with Crippen molar-refractivity contribution < 1.29 is 0 Å². The lowest BCUT2D eigenvalue weighted by Gasteiger charge is -2.11. The summed E-state index contributed by atoms with van der Waals surface area (Å²) in [7, 11) is 0. The van der Waals surface area contributed by atoms with Gasteiger partial charge in [0.2, 0.25) is 0 Å². The van der Waals surface area contributed by atoms with Gasteiger partial charge in [0, 0.05) is 31.7 Å². The zero-order valence-electron chi connectivity index (χ0n) is 30.5. The van der Waals surface area contributed by atoms with Crippen molar-refractivity contribution in [2.75, 3.05) is 13.1 Å². The third kappa shape index (κ3) is 7.25. The Balaban J connectivity index is 0.000000150. The van der Waals surface area contributed by atoms with Gasteiger partial charge in [-0.3, -0.25) is 19.1 Å². The van der Waals surface area contributed by atoms with Crippen LogP contribution >= 0.6 is 69.1 Å². The highest BCUT2D eigenvalue weighted by Crippen LogP contribution is 2.39. The first kappa shape index (κ1) is 38.6. The maximum absolute atomic E-state index is 6.62. The van der Waals surface area contributed by atoms with Crippen LogP contribution in [0.1, 0.15) is 11.1 Å². The molecule has 4 N–H and O–H groups in total. The van der Waals surface area contributed by atoms with Gasteiger partial charge in [0.05, 0.1) is 65.9 Å². The van der Waals surface area contributed by atoms with Gasteiger partial charge in [0.25, 0.3) is 0 Å². The zero-order valence-corrected chi connectivity index (χ0v) is 35.2. The molecule has 0 radical (unpaired) electrons. The quantitative estimate of drug-likeness (QED) is 0.157. The molecule has 0 unspecified atom stereocenters. The Kier molecular flexibility index (Phi) is 10.9. The molecule has 4 aromatic carbocycles. The van der Waals surface area contributed by atoms with Gasteiger partial charge in [-0.15, -0.1) is 22.7 Å². The van der Waals surface area contributed by atoms with Gasteiger partial charge in [-0.2, -0.15) is 0 Å². The molecule has 8 nitrogen and oxygen atoms in total. The van der Waals surface area contributed by atoms with E-state index < -0.39 is 0 Å². The third-order valence-electron chi connectivity index (χ3n) is 9.91. The summed E-state index contributed by atoms with van der Waals surface area (Å²) in [6.45, 7) is 1.18. The maximum atomic E-state index is 6.62. The number of imidazole rings is 2. The lowest BCUT2D eigenvalue weighted by atomic mass is 10.1. The topological polar surface area (TPSA) is 113 Å². The van der Waals surface area contributed by atoms with Gasteiger partial charge in [-0.25, -0.2) is 9.97 Å². The number of nitrogens with zero attached hydrogens (tertiary/aromatic N) is 6. The molecular weight excluding hydrogens is 846 g/mol. The Hall–Kier alpha value is -4.88. The lowest BCUT2D eigenvalue weighted by Crippen LogP contribution is -2.03. The molecule has 10 rings (SSSR count). The van der Waals surface area contributed by atoms with Gasteiger partial charge in [0.1, 0.15) is 23.7 Å². The molecule has 0 amide bonds. The molecule has 6 heterocycles. The Morgan fingerprint density at radius 1 is 0.500 bits per heavy atom. The van der Waals surface area contributed by atoms with Crippen LogP contribution in [-0.2, 0) is 12.8 Å². The summed E-state index contributed by atoms with van der Waals surface area (Å²) in [4.78, 5) is 20.4. The summed E-state index contributed by atoms with van der Waals surface area (Å²) in [5, 5.41) is 8.73. The average molecular weight is 879 g/mol. The smallest absolute Gasteiger partial charge is 0.108 e. The monoisotopic (exact) mass is 876 g/mol. The van der Waals surface area contributed by atoms with E-state index in [-0.39, 0.29) is 0 Å². The molecular formula is C44H32Cl4N8S2. The second-order valence-electron chi connectivity index (χ2n) is 13.5. The predicted octanol–water partition coefficient (Wildman–Crippen LogP) is 12.2. The maximum Gasteiger partial charge on any atom is 0.108 e. The van der Waals surface area contributed by atoms with Crippen LogP contribution in [0.2, 0.25) is 20.1 Å². The minimum Gasteiger partial charge on any atom is -0.330 e. The predicted molar refractivity (Wildman–Crippen MR) is 245 cm³/mol. The summed E-state index contributed by atoms with van der Waals surface area (Å²) in [5.41, 5.74) is 22.4. The summed E-state index contributed by atoms with van der Waals surface area (Å²) in [6, 6.07) is 28.2. The van der Waals surface area contributed by atoms with Crippen LogP contribution in [0.5, 0.6) is 0 Å². The number of hydrogen-bond donors (Lipinski definition) is 2. The van der Waals surface area contributed by atoms with E-state index in [1.165, 1.54) is 0 Å². The van der Waals surface area contributed by atoms with Crippen LogP contribution in [0.3, 0.4) is 0 Å². The van der Waals surface area contributed by atoms with Crippen LogP contribution < -0.4 is 11.5 Å². The zero-order chi connectivity index (χ0) is 39.9. The second-order valence-corrected chi connectivity index (χ2v) is 17.0. The molecule has 0 aliphatic heterocycles. The van der Waals surface area contributed by atoms with Gasteiger partial charge in [0.15, 0.2) is 0 Å². The lowest BCUT2D eigenvalue weighted by molar-refractivity contribution is 0.966. The molecule has 0 fully saturated rings. The first-order valence-electron chi connectivity index (χ1n) is 18.3. The highest BCUT2D eigenvalue weighted by molar-refractivity contribution is 7.14. The number of rotatable bonds is 8. The van der Waals surface area contributed by atoms with Gasteiger partial charge in [-0.05, 0) is 108 Å². The van der Waals surface area contributed by atoms with E-state index in [9.17, 15) is 0 Å². The largest absolute Gasteiger partial charge is 0.330 e. The number of pyridine rings is 2. The fraction of sp³-hybridized carbons (Fsp3) is 0.0909. The Morgan fingerprint density at radius 3 is 1.33 bits per heavy atom. The number of nitrogens with two attached hydrogens (primary N) is 2. The molecule has 0 saturated carbocycles. The summed E-state index contributed by atoms with van der Waals surface area (Å²) in [6.07, 6.45) is 8.70. The Bertz CT molecular complexity index is 2890. The van der Waals surface area contributed by atoms with E-state index in [1.54, 1.807) is 47.7 Å². The number of halogens is 4. The molecule has 0 aliphatic carbocycles. The highest BCUT2D eigenvalue weighted by atomic mass is 35.5. The Labute approximate surface area is 361 Å². The van der Waals surface area contributed by atoms with Crippen LogP contribution in [-0.4, -0.2) is 42.2 Å². The van der Waals surface area contributed by atoms with E-state index in [1.807, 2.05) is 68.4 Å². The van der Waals surface area contributed by atoms with Crippen molar-refractivity contribution in [3.8, 4) is 32.3 Å². The van der Waals surface area contributed by atoms with Crippen LogP contribution in [0.25, 0.3) is 76.1 Å². The fourth-order valence-electron chi connectivity index (χ4n) is 7.17. The molecule has 288 valence electrons. The minimum absolute atomic E-state index is 0.590. The standard InChI is InChI=1S/2C22H16Cl2N4S/c2*23-16-10-18-15(9-14(16)21-2-1-7-29-21)22-19(11-26-18)27-12-28(22)20-4-3-13(5-6-25)8-17(20)24/h2*1-4,7-12H,5-6,25H2. The molecule has 0 bridgehead atoms. The van der Waals surface area contributed by atoms with E-state index in [2.05, 4.69) is 56.3 Å². The molecule has 14 heteroatoms. The average Bonchev–Trinajstić information content (AvgIpc) is 4.06. The molecule has 0 saturated heterocycles. The molecule has 0 aliphatic rings. The number of benzene rings is 4. The molecule has 0 atom stereocenters. The number of aromatic nitrogens is 6. The van der Waals surface area contributed by atoms with E-state index in [4.69, 9.17) is 57.9 Å². The third-order valence-corrected chi connectivity index (χ3v) is 12.9. The van der Waals surface area contributed by atoms with E-state index >= 15 is 0 Å². The second kappa shape index (κ2) is 16.4. The van der Waals surface area contributed by atoms with Gasteiger partial charge < -0.3 is 11.5 Å². The minimum atomic E-state index is 0.590. The van der Waals surface area contributed by atoms with Crippen molar-refractivity contribution in [2.24, 2.45) is 11.5 Å². The highest BCUT2D eigenvalue weighted by Gasteiger charge is 2.17. The van der Waals surface area contributed by atoms with Crippen LogP contribution in [0, 0.1) is 0 Å². The molecule has 6 aromatic heterocycles. The number of hydrogen-bond acceptors (Lipinski definition) is 8. The number of fused-ring (bicyclic) bond motifs is 6. The SMILES string of the molecule is NCCc1ccc(-n2cnc3cnc4cc(Cl)c(-c5cccs5)cc4c32)c(Cl)c1.NCCc1ccc(-n2cnc3cnc4cc(Cl)c(-c5cccs5)cc4c32)c(Cl)c1. The summed E-state index contributed by atoms with van der Waals surface area (Å²) >= 11 is 29.7. The van der Waals surface area contributed by atoms with Crippen molar-refractivity contribution in [1.82, 2.24) is 29.1 Å². The molecule has 0 spiro atoms. The van der Waals surface area contributed by atoms with Crippen LogP contribution in [0.4, 0.5) is 0 Å². The van der Waals surface area contributed by atoms with E-state index in [0.29, 0.717) is 33.2 Å². The van der Waals surface area contributed by atoms with Crippen molar-refractivity contribution in [1.29, 1.82) is 0 Å². The Morgan fingerprint density at radius 2 is 0.948 bits per heavy atom. The van der Waals surface area contributed by atoms with Gasteiger partial charge in [-0.1, -0.05) is 70.7 Å². The normalized spacial score (nSPS) is 11.6. The first-order chi connectivity index (χ1) is 28.3. The van der Waals surface area contributed by atoms with Crippen molar-refractivity contribution in [3.63, 3.8) is 0 Å². The van der Waals surface area contributed by atoms with Crippen LogP contribution in [0.15, 0.2) is 121 Å². The van der Waals surface area contributed by atoms with Gasteiger partial charge >= 0.3 is 0 Å². The summed E-state index contributed by atoms with van der Waals surface area (Å²) in [5.74, 6) is 0. The van der Waals surface area contributed by atoms with Crippen molar-refractivity contribution in [3.05, 3.63) is 152 Å². The number of thiophene rings is 2. The molecule has 10 aromatic rings. The van der Waals surface area contributed by atoms with E-state index in [0.717, 1.165) is 100 Å². The first-order valence-corrected chi connectivity index (χ1v) is 21.5. The van der Waals surface area contributed by atoms with Crippen molar-refractivity contribution in [2.45, 2.75) is 12.8 Å². The summed E-state index contributed by atoms with van der Waals surface area (Å²) < 4.78 is 4.03. The van der Waals surface area contributed by atoms with Crippen molar-refractivity contribution >= 4 is 113 Å². The molecule has 58 heavy (non-hydrogen) atoms.